The van der Waals surface area contributed by atoms with Gasteiger partial charge in [-0.1, -0.05) is 60.7 Å². The number of allylic oxidation sites excluding steroid dienone is 1. The molecule has 1 aromatic heterocycles. The second-order valence-corrected chi connectivity index (χ2v) is 4.85. The van der Waals surface area contributed by atoms with E-state index in [1.165, 1.54) is 0 Å². The molecular weight excluding hydrogens is 276 g/mol. The predicted octanol–water partition coefficient (Wildman–Crippen LogP) is 3.66. The minimum atomic E-state index is 0.445. The highest BCUT2D eigenvalue weighted by atomic mass is 16.6. The van der Waals surface area contributed by atoms with E-state index in [0.717, 1.165) is 22.5 Å². The van der Waals surface area contributed by atoms with Gasteiger partial charge in [-0.05, 0) is 22.0 Å². The van der Waals surface area contributed by atoms with Crippen molar-refractivity contribution in [2.75, 3.05) is 5.32 Å². The van der Waals surface area contributed by atoms with Crippen LogP contribution in [0.25, 0.3) is 5.70 Å². The fourth-order valence-corrected chi connectivity index (χ4v) is 2.31. The van der Waals surface area contributed by atoms with Crippen LogP contribution in [-0.4, -0.2) is 16.0 Å². The Labute approximate surface area is 127 Å². The maximum Gasteiger partial charge on any atom is 0.241 e. The molecule has 2 aromatic carbocycles. The normalized spacial score (nSPS) is 13.5. The number of nitrogens with zero attached hydrogens (tertiary/aromatic N) is 3. The van der Waals surface area contributed by atoms with Crippen LogP contribution in [0, 0.1) is 0 Å². The van der Waals surface area contributed by atoms with Crippen molar-refractivity contribution < 1.29 is 4.63 Å². The lowest BCUT2D eigenvalue weighted by Crippen LogP contribution is -2.02. The third-order valence-corrected chi connectivity index (χ3v) is 3.39. The van der Waals surface area contributed by atoms with E-state index >= 15 is 0 Å². The summed E-state index contributed by atoms with van der Waals surface area (Å²) in [6.45, 7) is 0. The fourth-order valence-electron chi connectivity index (χ4n) is 2.31. The topological polar surface area (TPSA) is 63.3 Å². The summed E-state index contributed by atoms with van der Waals surface area (Å²) in [6, 6.07) is 20.0. The summed E-state index contributed by atoms with van der Waals surface area (Å²) >= 11 is 0. The van der Waals surface area contributed by atoms with Crippen molar-refractivity contribution in [1.29, 1.82) is 0 Å². The van der Waals surface area contributed by atoms with Gasteiger partial charge in [-0.15, -0.1) is 0 Å². The van der Waals surface area contributed by atoms with Crippen LogP contribution >= 0.6 is 0 Å². The molecule has 1 N–H and O–H groups in total. The van der Waals surface area contributed by atoms with E-state index in [2.05, 4.69) is 20.6 Å². The lowest BCUT2D eigenvalue weighted by molar-refractivity contribution is 0.310. The number of aromatic nitrogens is 2. The lowest BCUT2D eigenvalue weighted by Gasteiger charge is -2.07. The quantitative estimate of drug-likeness (QED) is 0.781. The summed E-state index contributed by atoms with van der Waals surface area (Å²) in [4.78, 5) is 4.56. The number of fused-ring (bicyclic) bond motifs is 1. The molecule has 1 aliphatic rings. The van der Waals surface area contributed by atoms with Gasteiger partial charge in [-0.2, -0.15) is 0 Å². The van der Waals surface area contributed by atoms with Gasteiger partial charge in [0.15, 0.2) is 0 Å². The number of hydrogen-bond acceptors (Lipinski definition) is 5. The van der Waals surface area contributed by atoms with E-state index in [4.69, 9.17) is 4.63 Å². The van der Waals surface area contributed by atoms with Gasteiger partial charge in [0.1, 0.15) is 0 Å². The molecule has 0 radical (unpaired) electrons. The third-order valence-electron chi connectivity index (χ3n) is 3.39. The molecule has 0 saturated heterocycles. The Hall–Kier alpha value is -3.21. The Morgan fingerprint density at radius 3 is 2.18 bits per heavy atom. The molecule has 3 aromatic rings. The van der Waals surface area contributed by atoms with Gasteiger partial charge in [-0.25, -0.2) is 9.62 Å². The molecule has 0 unspecified atom stereocenters. The molecule has 2 heterocycles. The van der Waals surface area contributed by atoms with Gasteiger partial charge >= 0.3 is 0 Å². The number of rotatable bonds is 2. The van der Waals surface area contributed by atoms with Gasteiger partial charge in [0, 0.05) is 11.3 Å². The van der Waals surface area contributed by atoms with E-state index in [0.29, 0.717) is 11.6 Å². The Morgan fingerprint density at radius 1 is 0.773 bits per heavy atom. The summed E-state index contributed by atoms with van der Waals surface area (Å²) in [7, 11) is 0. The molecule has 0 saturated carbocycles. The second-order valence-electron chi connectivity index (χ2n) is 4.85. The van der Waals surface area contributed by atoms with Crippen LogP contribution < -0.4 is 5.32 Å². The Balaban J connectivity index is 1.87. The standard InChI is InChI=1S/C17H12N4O/c1-3-7-12(8-4-1)14-11-15(13-9-5-2-6-10-13)19-17-16(18-14)20-22-21-17/h1-11H,(H,18,20). The number of anilines is 1. The summed E-state index contributed by atoms with van der Waals surface area (Å²) in [5.74, 6) is 0.960. The molecule has 0 spiro atoms. The van der Waals surface area contributed by atoms with Crippen LogP contribution in [0.2, 0.25) is 0 Å². The fraction of sp³-hybridized carbons (Fsp3) is 0. The van der Waals surface area contributed by atoms with Crippen molar-refractivity contribution in [3.05, 3.63) is 77.9 Å². The van der Waals surface area contributed by atoms with Crippen LogP contribution in [0.3, 0.4) is 0 Å². The van der Waals surface area contributed by atoms with Crippen molar-refractivity contribution in [2.45, 2.75) is 0 Å². The van der Waals surface area contributed by atoms with Crippen molar-refractivity contribution >= 4 is 23.0 Å². The molecule has 0 bridgehead atoms. The number of benzene rings is 2. The molecule has 0 aliphatic carbocycles. The molecule has 0 atom stereocenters. The summed E-state index contributed by atoms with van der Waals surface area (Å²) in [5.41, 5.74) is 3.76. The lowest BCUT2D eigenvalue weighted by atomic mass is 10.1. The first kappa shape index (κ1) is 12.5. The highest BCUT2D eigenvalue weighted by Gasteiger charge is 2.17. The van der Waals surface area contributed by atoms with Gasteiger partial charge in [0.25, 0.3) is 0 Å². The second kappa shape index (κ2) is 5.29. The van der Waals surface area contributed by atoms with Crippen molar-refractivity contribution in [1.82, 2.24) is 10.3 Å². The Morgan fingerprint density at radius 2 is 1.45 bits per heavy atom. The van der Waals surface area contributed by atoms with Gasteiger partial charge < -0.3 is 5.32 Å². The highest BCUT2D eigenvalue weighted by molar-refractivity contribution is 6.15. The molecule has 5 heteroatoms. The highest BCUT2D eigenvalue weighted by Crippen LogP contribution is 2.29. The Kier molecular flexibility index (Phi) is 3.01. The van der Waals surface area contributed by atoms with Crippen molar-refractivity contribution in [2.24, 2.45) is 4.99 Å². The molecule has 4 rings (SSSR count). The average molecular weight is 288 g/mol. The van der Waals surface area contributed by atoms with Crippen LogP contribution in [0.4, 0.5) is 11.6 Å². The number of hydrogen-bond donors (Lipinski definition) is 1. The summed E-state index contributed by atoms with van der Waals surface area (Å²) in [5, 5.41) is 11.0. The summed E-state index contributed by atoms with van der Waals surface area (Å²) in [6.07, 6.45) is 1.99. The van der Waals surface area contributed by atoms with Crippen LogP contribution in [0.1, 0.15) is 11.1 Å². The van der Waals surface area contributed by atoms with Crippen LogP contribution in [-0.2, 0) is 0 Å². The first-order chi connectivity index (χ1) is 10.9. The zero-order valence-corrected chi connectivity index (χ0v) is 11.6. The minimum Gasteiger partial charge on any atom is -0.334 e. The molecule has 0 amide bonds. The average Bonchev–Trinajstić information content (AvgIpc) is 2.94. The van der Waals surface area contributed by atoms with Crippen molar-refractivity contribution in [3.8, 4) is 0 Å². The van der Waals surface area contributed by atoms with Gasteiger partial charge in [0.2, 0.25) is 11.6 Å². The molecular formula is C17H12N4O. The monoisotopic (exact) mass is 288 g/mol. The van der Waals surface area contributed by atoms with E-state index in [1.54, 1.807) is 0 Å². The SMILES string of the molecule is C1=C(c2ccccc2)Nc2nonc2N=C1c1ccccc1. The Bertz CT molecular complexity index is 851. The zero-order chi connectivity index (χ0) is 14.8. The van der Waals surface area contributed by atoms with Gasteiger partial charge in [0.05, 0.1) is 5.71 Å². The van der Waals surface area contributed by atoms with Crippen LogP contribution in [0.5, 0.6) is 0 Å². The molecule has 5 nitrogen and oxygen atoms in total. The van der Waals surface area contributed by atoms with Crippen LogP contribution in [0.15, 0.2) is 76.4 Å². The molecule has 1 aliphatic heterocycles. The largest absolute Gasteiger partial charge is 0.334 e. The summed E-state index contributed by atoms with van der Waals surface area (Å²) < 4.78 is 4.79. The first-order valence-corrected chi connectivity index (χ1v) is 6.91. The number of aliphatic imine (C=N–C) groups is 1. The maximum atomic E-state index is 4.79. The molecule has 106 valence electrons. The van der Waals surface area contributed by atoms with E-state index in [-0.39, 0.29) is 0 Å². The molecule has 0 fully saturated rings. The minimum absolute atomic E-state index is 0.445. The first-order valence-electron chi connectivity index (χ1n) is 6.91. The van der Waals surface area contributed by atoms with Gasteiger partial charge in [-0.3, -0.25) is 0 Å². The zero-order valence-electron chi connectivity index (χ0n) is 11.6. The van der Waals surface area contributed by atoms with E-state index in [9.17, 15) is 0 Å². The smallest absolute Gasteiger partial charge is 0.241 e. The van der Waals surface area contributed by atoms with Crippen molar-refractivity contribution in [3.63, 3.8) is 0 Å². The van der Waals surface area contributed by atoms with E-state index in [1.807, 2.05) is 66.7 Å². The van der Waals surface area contributed by atoms with E-state index < -0.39 is 0 Å². The molecule has 22 heavy (non-hydrogen) atoms. The maximum absolute atomic E-state index is 4.79. The predicted molar refractivity (Wildman–Crippen MR) is 85.0 cm³/mol. The third kappa shape index (κ3) is 2.29. The number of nitrogens with one attached hydrogen (secondary N) is 1.